The third-order valence-electron chi connectivity index (χ3n) is 4.39. The Bertz CT molecular complexity index is 1090. The summed E-state index contributed by atoms with van der Waals surface area (Å²) in [6.07, 6.45) is 1.62. The number of carbonyl (C=O) groups is 1. The molecule has 0 atom stereocenters. The highest BCUT2D eigenvalue weighted by Crippen LogP contribution is 2.42. The van der Waals surface area contributed by atoms with Crippen molar-refractivity contribution < 1.29 is 9.90 Å². The predicted molar refractivity (Wildman–Crippen MR) is 94.9 cm³/mol. The third kappa shape index (κ3) is 2.27. The lowest BCUT2D eigenvalue weighted by Gasteiger charge is -2.17. The average molecular weight is 335 g/mol. The van der Waals surface area contributed by atoms with Crippen molar-refractivity contribution in [1.82, 2.24) is 9.55 Å². The number of benzene rings is 1. The van der Waals surface area contributed by atoms with E-state index in [0.29, 0.717) is 33.3 Å². The van der Waals surface area contributed by atoms with Crippen LogP contribution in [0.1, 0.15) is 27.2 Å². The molecule has 5 N–H and O–H groups in total. The summed E-state index contributed by atoms with van der Waals surface area (Å²) in [6, 6.07) is 5.48. The first-order chi connectivity index (χ1) is 11.8. The van der Waals surface area contributed by atoms with Crippen LogP contribution in [-0.4, -0.2) is 20.6 Å². The van der Waals surface area contributed by atoms with E-state index >= 15 is 0 Å². The van der Waals surface area contributed by atoms with Gasteiger partial charge in [0.2, 0.25) is 0 Å². The summed E-state index contributed by atoms with van der Waals surface area (Å²) in [5.41, 5.74) is 15.1. The van der Waals surface area contributed by atoms with Gasteiger partial charge in [-0.05, 0) is 36.6 Å². The summed E-state index contributed by atoms with van der Waals surface area (Å²) < 4.78 is 1.65. The average Bonchev–Trinajstić information content (AvgIpc) is 2.88. The lowest BCUT2D eigenvalue weighted by Crippen LogP contribution is -2.17. The number of nitrogen functional groups attached to an aromatic ring is 1. The van der Waals surface area contributed by atoms with E-state index in [-0.39, 0.29) is 17.1 Å². The van der Waals surface area contributed by atoms with Crippen LogP contribution in [-0.2, 0) is 7.05 Å². The molecule has 0 radical (unpaired) electrons. The van der Waals surface area contributed by atoms with E-state index in [1.807, 2.05) is 6.92 Å². The molecule has 126 valence electrons. The number of aromatic nitrogens is 2. The molecule has 0 bridgehead atoms. The number of fused-ring (bicyclic) bond motifs is 1. The number of hydrogen-bond acceptors (Lipinski definition) is 5. The Kier molecular flexibility index (Phi) is 3.61. The Labute approximate surface area is 144 Å². The quantitative estimate of drug-likeness (QED) is 0.660. The van der Waals surface area contributed by atoms with Gasteiger partial charge < -0.3 is 21.1 Å². The normalized spacial score (nSPS) is 10.8. The second kappa shape index (κ2) is 5.53. The second-order valence-corrected chi connectivity index (χ2v) is 5.98. The van der Waals surface area contributed by atoms with Crippen molar-refractivity contribution in [2.45, 2.75) is 13.8 Å². The molecule has 0 spiro atoms. The maximum absolute atomic E-state index is 11.8. The Morgan fingerprint density at radius 2 is 2.00 bits per heavy atom. The molecule has 3 rings (SSSR count). The number of phenols is 1. The van der Waals surface area contributed by atoms with Crippen molar-refractivity contribution >= 4 is 22.6 Å². The molecule has 1 aromatic carbocycles. The van der Waals surface area contributed by atoms with Crippen molar-refractivity contribution in [3.63, 3.8) is 0 Å². The van der Waals surface area contributed by atoms with Crippen molar-refractivity contribution in [2.24, 2.45) is 12.8 Å². The zero-order valence-corrected chi connectivity index (χ0v) is 14.1. The van der Waals surface area contributed by atoms with Crippen LogP contribution >= 0.6 is 0 Å². The first kappa shape index (κ1) is 16.3. The highest BCUT2D eigenvalue weighted by Gasteiger charge is 2.24. The predicted octanol–water partition coefficient (Wildman–Crippen LogP) is 2.12. The summed E-state index contributed by atoms with van der Waals surface area (Å²) >= 11 is 0. The smallest absolute Gasteiger partial charge is 0.269 e. The molecule has 0 saturated heterocycles. The van der Waals surface area contributed by atoms with Crippen LogP contribution in [0.4, 0.5) is 5.69 Å². The maximum atomic E-state index is 11.8. The SMILES string of the molecule is Cc1ccc(O)c(C)c1-c1c(N)c(C(N)=O)nc2c1c(C#N)cn2C. The number of amides is 1. The van der Waals surface area contributed by atoms with Crippen LogP contribution in [0.25, 0.3) is 22.2 Å². The van der Waals surface area contributed by atoms with Crippen LogP contribution in [0.5, 0.6) is 5.75 Å². The zero-order valence-electron chi connectivity index (χ0n) is 14.1. The summed E-state index contributed by atoms with van der Waals surface area (Å²) in [4.78, 5) is 16.1. The number of aryl methyl sites for hydroxylation is 2. The van der Waals surface area contributed by atoms with Crippen LogP contribution in [0.3, 0.4) is 0 Å². The van der Waals surface area contributed by atoms with Gasteiger partial charge in [0.1, 0.15) is 17.5 Å². The van der Waals surface area contributed by atoms with Gasteiger partial charge in [0.25, 0.3) is 5.91 Å². The number of pyridine rings is 1. The fourth-order valence-corrected chi connectivity index (χ4v) is 3.17. The summed E-state index contributed by atoms with van der Waals surface area (Å²) in [6.45, 7) is 3.62. The van der Waals surface area contributed by atoms with E-state index in [0.717, 1.165) is 5.56 Å². The molecule has 0 saturated carbocycles. The largest absolute Gasteiger partial charge is 0.508 e. The lowest BCUT2D eigenvalue weighted by molar-refractivity contribution is 0.0997. The van der Waals surface area contributed by atoms with Crippen molar-refractivity contribution in [3.05, 3.63) is 40.7 Å². The maximum Gasteiger partial charge on any atom is 0.269 e. The fraction of sp³-hybridized carbons (Fsp3) is 0.167. The number of anilines is 1. The minimum absolute atomic E-state index is 0.0599. The van der Waals surface area contributed by atoms with Gasteiger partial charge in [-0.2, -0.15) is 5.26 Å². The van der Waals surface area contributed by atoms with E-state index < -0.39 is 5.91 Å². The molecule has 3 aromatic rings. The summed E-state index contributed by atoms with van der Waals surface area (Å²) in [5, 5.41) is 20.2. The second-order valence-electron chi connectivity index (χ2n) is 5.98. The number of primary amides is 1. The van der Waals surface area contributed by atoms with Gasteiger partial charge >= 0.3 is 0 Å². The molecule has 7 heteroatoms. The Hall–Kier alpha value is -3.53. The number of hydrogen-bond donors (Lipinski definition) is 3. The van der Waals surface area contributed by atoms with Gasteiger partial charge in [-0.25, -0.2) is 4.98 Å². The van der Waals surface area contributed by atoms with Crippen LogP contribution in [0.2, 0.25) is 0 Å². The van der Waals surface area contributed by atoms with E-state index in [1.54, 1.807) is 36.9 Å². The first-order valence-corrected chi connectivity index (χ1v) is 7.55. The summed E-state index contributed by atoms with van der Waals surface area (Å²) in [5.74, 6) is -0.657. The molecular formula is C18H17N5O2. The number of rotatable bonds is 2. The molecule has 1 amide bonds. The number of carbonyl (C=O) groups excluding carboxylic acids is 1. The molecule has 0 aliphatic rings. The topological polar surface area (TPSA) is 131 Å². The zero-order chi connectivity index (χ0) is 18.5. The lowest BCUT2D eigenvalue weighted by atomic mass is 9.90. The minimum atomic E-state index is -0.754. The molecule has 25 heavy (non-hydrogen) atoms. The van der Waals surface area contributed by atoms with Gasteiger partial charge in [0.05, 0.1) is 11.3 Å². The Morgan fingerprint density at radius 3 is 2.60 bits per heavy atom. The highest BCUT2D eigenvalue weighted by atomic mass is 16.3. The molecule has 2 aromatic heterocycles. The molecule has 0 unspecified atom stereocenters. The first-order valence-electron chi connectivity index (χ1n) is 7.55. The molecule has 0 aliphatic carbocycles. The van der Waals surface area contributed by atoms with Crippen molar-refractivity contribution in [2.75, 3.05) is 5.73 Å². The van der Waals surface area contributed by atoms with Gasteiger partial charge in [-0.3, -0.25) is 4.79 Å². The number of aromatic hydroxyl groups is 1. The molecule has 2 heterocycles. The van der Waals surface area contributed by atoms with E-state index in [1.165, 1.54) is 0 Å². The van der Waals surface area contributed by atoms with Gasteiger partial charge in [0.15, 0.2) is 5.69 Å². The Balaban J connectivity index is 2.63. The number of nitrogens with two attached hydrogens (primary N) is 2. The number of nitriles is 1. The van der Waals surface area contributed by atoms with Crippen molar-refractivity contribution in [3.8, 4) is 22.9 Å². The van der Waals surface area contributed by atoms with E-state index in [4.69, 9.17) is 11.5 Å². The minimum Gasteiger partial charge on any atom is -0.508 e. The van der Waals surface area contributed by atoms with Gasteiger partial charge in [-0.15, -0.1) is 0 Å². The summed E-state index contributed by atoms with van der Waals surface area (Å²) in [7, 11) is 1.73. The van der Waals surface area contributed by atoms with E-state index in [2.05, 4.69) is 11.1 Å². The monoisotopic (exact) mass is 335 g/mol. The van der Waals surface area contributed by atoms with Gasteiger partial charge in [-0.1, -0.05) is 6.07 Å². The molecule has 0 fully saturated rings. The fourth-order valence-electron chi connectivity index (χ4n) is 3.17. The third-order valence-corrected chi connectivity index (χ3v) is 4.39. The molecule has 7 nitrogen and oxygen atoms in total. The Morgan fingerprint density at radius 1 is 1.32 bits per heavy atom. The van der Waals surface area contributed by atoms with Crippen LogP contribution in [0.15, 0.2) is 18.3 Å². The highest BCUT2D eigenvalue weighted by molar-refractivity contribution is 6.10. The molecule has 0 aliphatic heterocycles. The van der Waals surface area contributed by atoms with Gasteiger partial charge in [0, 0.05) is 24.2 Å². The molecular weight excluding hydrogens is 318 g/mol. The number of nitrogens with zero attached hydrogens (tertiary/aromatic N) is 3. The van der Waals surface area contributed by atoms with Crippen LogP contribution < -0.4 is 11.5 Å². The van der Waals surface area contributed by atoms with Crippen molar-refractivity contribution in [1.29, 1.82) is 5.26 Å². The van der Waals surface area contributed by atoms with E-state index in [9.17, 15) is 15.2 Å². The standard InChI is InChI=1S/C18H17N5O2/c1-8-4-5-11(24)9(2)12(8)14-13-10(6-19)7-23(3)18(13)22-16(15(14)20)17(21)25/h4-5,7,24H,20H2,1-3H3,(H2,21,25). The number of phenolic OH excluding ortho intramolecular Hbond substituents is 1. The van der Waals surface area contributed by atoms with Crippen LogP contribution in [0, 0.1) is 25.2 Å².